The summed E-state index contributed by atoms with van der Waals surface area (Å²) in [6.07, 6.45) is 11.2. The van der Waals surface area contributed by atoms with E-state index in [1.165, 1.54) is 77.0 Å². The summed E-state index contributed by atoms with van der Waals surface area (Å²) in [4.78, 5) is 22.5. The monoisotopic (exact) mass is 446 g/mol. The lowest BCUT2D eigenvalue weighted by Crippen LogP contribution is -2.50. The van der Waals surface area contributed by atoms with Crippen molar-refractivity contribution >= 4 is 11.8 Å². The predicted octanol–water partition coefficient (Wildman–Crippen LogP) is 3.74. The van der Waals surface area contributed by atoms with Gasteiger partial charge in [0.25, 0.3) is 0 Å². The highest BCUT2D eigenvalue weighted by Gasteiger charge is 2.36. The number of aliphatic hydroxyl groups excluding tert-OH is 4. The highest BCUT2D eigenvalue weighted by Crippen LogP contribution is 2.15. The van der Waals surface area contributed by atoms with Crippen LogP contribution >= 0.6 is 0 Å². The molecule has 7 heteroatoms. The number of carboxylic acids is 1. The van der Waals surface area contributed by atoms with E-state index in [0.717, 1.165) is 19.3 Å². The van der Waals surface area contributed by atoms with Crippen molar-refractivity contribution < 1.29 is 35.1 Å². The standard InChI is InChI=1S/C24H46O7/c1-2-3-4-5-6-7-8-9-10-11-12-13-14-15-16-17-18-19(25)20(26)21(27)22(28)23(29)24(30)31/h20-23,26-29H,2-18H2,1H3,(H,30,31)/t20-,21+,22-,23-/m1/s1. The largest absolute Gasteiger partial charge is 0.479 e. The first-order valence-electron chi connectivity index (χ1n) is 12.3. The molecule has 0 heterocycles. The highest BCUT2D eigenvalue weighted by atomic mass is 16.4. The van der Waals surface area contributed by atoms with Crippen molar-refractivity contribution in [3.05, 3.63) is 0 Å². The number of hydrogen-bond acceptors (Lipinski definition) is 6. The van der Waals surface area contributed by atoms with Crippen molar-refractivity contribution in [1.29, 1.82) is 0 Å². The second-order valence-electron chi connectivity index (χ2n) is 8.73. The number of carbonyl (C=O) groups is 2. The Bertz CT molecular complexity index is 455. The van der Waals surface area contributed by atoms with Crippen LogP contribution in [0, 0.1) is 0 Å². The molecule has 0 aliphatic carbocycles. The van der Waals surface area contributed by atoms with E-state index in [4.69, 9.17) is 5.11 Å². The number of Topliss-reactive ketones (excluding diaryl/α,β-unsaturated/α-hetero) is 1. The Kier molecular flexibility index (Phi) is 19.0. The molecule has 7 nitrogen and oxygen atoms in total. The normalized spacial score (nSPS) is 15.4. The summed E-state index contributed by atoms with van der Waals surface area (Å²) < 4.78 is 0. The second-order valence-corrected chi connectivity index (χ2v) is 8.73. The molecule has 0 aromatic rings. The number of aliphatic carboxylic acids is 1. The second kappa shape index (κ2) is 19.6. The molecule has 0 aromatic heterocycles. The molecule has 0 amide bonds. The van der Waals surface area contributed by atoms with Crippen LogP contribution in [0.25, 0.3) is 0 Å². The number of ketones is 1. The fourth-order valence-electron chi connectivity index (χ4n) is 3.71. The van der Waals surface area contributed by atoms with Gasteiger partial charge in [-0.3, -0.25) is 4.79 Å². The molecular weight excluding hydrogens is 400 g/mol. The minimum Gasteiger partial charge on any atom is -0.479 e. The van der Waals surface area contributed by atoms with Crippen molar-refractivity contribution in [1.82, 2.24) is 0 Å². The topological polar surface area (TPSA) is 135 Å². The number of hydrogen-bond donors (Lipinski definition) is 5. The number of rotatable bonds is 22. The molecule has 184 valence electrons. The molecule has 0 bridgehead atoms. The Labute approximate surface area is 187 Å². The van der Waals surface area contributed by atoms with Gasteiger partial charge in [0.05, 0.1) is 0 Å². The van der Waals surface area contributed by atoms with Crippen molar-refractivity contribution in [3.63, 3.8) is 0 Å². The van der Waals surface area contributed by atoms with Crippen molar-refractivity contribution in [2.75, 3.05) is 0 Å². The molecule has 31 heavy (non-hydrogen) atoms. The lowest BCUT2D eigenvalue weighted by Gasteiger charge is -2.23. The predicted molar refractivity (Wildman–Crippen MR) is 121 cm³/mol. The molecule has 0 fully saturated rings. The Morgan fingerprint density at radius 1 is 0.548 bits per heavy atom. The lowest BCUT2D eigenvalue weighted by atomic mass is 9.97. The lowest BCUT2D eigenvalue weighted by molar-refractivity contribution is -0.165. The maximum absolute atomic E-state index is 11.9. The van der Waals surface area contributed by atoms with E-state index in [-0.39, 0.29) is 6.42 Å². The van der Waals surface area contributed by atoms with Crippen LogP contribution in [0.2, 0.25) is 0 Å². The first-order valence-corrected chi connectivity index (χ1v) is 12.3. The van der Waals surface area contributed by atoms with Gasteiger partial charge in [0.15, 0.2) is 11.9 Å². The number of unbranched alkanes of at least 4 members (excludes halogenated alkanes) is 15. The molecule has 0 rings (SSSR count). The first kappa shape index (κ1) is 30.0. The number of aliphatic hydroxyl groups is 4. The van der Waals surface area contributed by atoms with Crippen LogP contribution in [-0.4, -0.2) is 61.7 Å². The van der Waals surface area contributed by atoms with E-state index in [0.29, 0.717) is 6.42 Å². The zero-order valence-corrected chi connectivity index (χ0v) is 19.4. The maximum Gasteiger partial charge on any atom is 0.335 e. The third kappa shape index (κ3) is 15.4. The van der Waals surface area contributed by atoms with Crippen LogP contribution < -0.4 is 0 Å². The summed E-state index contributed by atoms with van der Waals surface area (Å²) in [5.74, 6) is -2.39. The van der Waals surface area contributed by atoms with Gasteiger partial charge in [-0.1, -0.05) is 103 Å². The number of carbonyl (C=O) groups excluding carboxylic acids is 1. The van der Waals surface area contributed by atoms with Gasteiger partial charge in [0.2, 0.25) is 0 Å². The molecule has 0 aliphatic heterocycles. The Morgan fingerprint density at radius 3 is 1.23 bits per heavy atom. The zero-order valence-electron chi connectivity index (χ0n) is 19.4. The van der Waals surface area contributed by atoms with Crippen molar-refractivity contribution in [2.24, 2.45) is 0 Å². The third-order valence-electron chi connectivity index (χ3n) is 5.86. The van der Waals surface area contributed by atoms with Gasteiger partial charge >= 0.3 is 5.97 Å². The maximum atomic E-state index is 11.9. The average molecular weight is 447 g/mol. The van der Waals surface area contributed by atoms with Gasteiger partial charge in [-0.05, 0) is 6.42 Å². The zero-order chi connectivity index (χ0) is 23.5. The fourth-order valence-corrected chi connectivity index (χ4v) is 3.71. The van der Waals surface area contributed by atoms with E-state index < -0.39 is 36.2 Å². The fraction of sp³-hybridized carbons (Fsp3) is 0.917. The Hall–Kier alpha value is -1.02. The molecule has 0 saturated heterocycles. The molecule has 4 atom stereocenters. The summed E-state index contributed by atoms with van der Waals surface area (Å²) in [7, 11) is 0. The van der Waals surface area contributed by atoms with Gasteiger partial charge in [-0.2, -0.15) is 0 Å². The van der Waals surface area contributed by atoms with Crippen LogP contribution in [0.4, 0.5) is 0 Å². The highest BCUT2D eigenvalue weighted by molar-refractivity contribution is 5.83. The summed E-state index contributed by atoms with van der Waals surface area (Å²) in [5, 5.41) is 46.7. The van der Waals surface area contributed by atoms with Crippen LogP contribution in [0.15, 0.2) is 0 Å². The number of carboxylic acid groups (broad SMARTS) is 1. The first-order chi connectivity index (χ1) is 14.8. The summed E-state index contributed by atoms with van der Waals surface area (Å²) in [6, 6.07) is 0. The molecule has 5 N–H and O–H groups in total. The van der Waals surface area contributed by atoms with Crippen LogP contribution in [0.3, 0.4) is 0 Å². The Balaban J connectivity index is 3.56. The van der Waals surface area contributed by atoms with Gasteiger partial charge < -0.3 is 25.5 Å². The van der Waals surface area contributed by atoms with E-state index in [2.05, 4.69) is 6.92 Å². The molecule has 0 radical (unpaired) electrons. The van der Waals surface area contributed by atoms with Crippen LogP contribution in [0.5, 0.6) is 0 Å². The Morgan fingerprint density at radius 2 is 0.871 bits per heavy atom. The summed E-state index contributed by atoms with van der Waals surface area (Å²) in [6.45, 7) is 2.24. The molecule has 0 spiro atoms. The van der Waals surface area contributed by atoms with E-state index in [1.807, 2.05) is 0 Å². The van der Waals surface area contributed by atoms with Gasteiger partial charge in [-0.15, -0.1) is 0 Å². The minimum absolute atomic E-state index is 0.0482. The van der Waals surface area contributed by atoms with Gasteiger partial charge in [0.1, 0.15) is 18.3 Å². The average Bonchev–Trinajstić information content (AvgIpc) is 2.76. The third-order valence-corrected chi connectivity index (χ3v) is 5.86. The quantitative estimate of drug-likeness (QED) is 0.160. The van der Waals surface area contributed by atoms with E-state index >= 15 is 0 Å². The molecule has 0 unspecified atom stereocenters. The SMILES string of the molecule is CCCCCCCCCCCCCCCCCCC(=O)[C@@H](O)[C@H](O)[C@@H](O)[C@@H](O)C(=O)O. The van der Waals surface area contributed by atoms with E-state index in [9.17, 15) is 30.0 Å². The minimum atomic E-state index is -2.26. The molecule has 0 aliphatic rings. The summed E-state index contributed by atoms with van der Waals surface area (Å²) >= 11 is 0. The molecular formula is C24H46O7. The molecule has 0 aromatic carbocycles. The van der Waals surface area contributed by atoms with Crippen molar-refractivity contribution in [2.45, 2.75) is 140 Å². The van der Waals surface area contributed by atoms with Crippen molar-refractivity contribution in [3.8, 4) is 0 Å². The van der Waals surface area contributed by atoms with Crippen LogP contribution in [-0.2, 0) is 9.59 Å². The van der Waals surface area contributed by atoms with Gasteiger partial charge in [-0.25, -0.2) is 4.79 Å². The smallest absolute Gasteiger partial charge is 0.335 e. The van der Waals surface area contributed by atoms with Crippen LogP contribution in [0.1, 0.15) is 116 Å². The van der Waals surface area contributed by atoms with Gasteiger partial charge in [0, 0.05) is 6.42 Å². The van der Waals surface area contributed by atoms with E-state index in [1.54, 1.807) is 0 Å². The summed E-state index contributed by atoms with van der Waals surface area (Å²) in [5.41, 5.74) is 0. The molecule has 0 saturated carbocycles.